The molecule has 0 aliphatic carbocycles. The Morgan fingerprint density at radius 3 is 3.18 bits per heavy atom. The number of carbonyl (C=O) groups is 1. The van der Waals surface area contributed by atoms with Gasteiger partial charge in [-0.1, -0.05) is 0 Å². The fourth-order valence-corrected chi connectivity index (χ4v) is 1.86. The minimum absolute atomic E-state index is 0.0639. The van der Waals surface area contributed by atoms with Gasteiger partial charge < -0.3 is 20.5 Å². The predicted molar refractivity (Wildman–Crippen MR) is 64.6 cm³/mol. The Kier molecular flexibility index (Phi) is 4.11. The van der Waals surface area contributed by atoms with Crippen LogP contribution in [0.3, 0.4) is 0 Å². The Hall–Kier alpha value is -1.40. The van der Waals surface area contributed by atoms with Gasteiger partial charge in [0.1, 0.15) is 0 Å². The van der Waals surface area contributed by atoms with Crippen molar-refractivity contribution in [3.63, 3.8) is 0 Å². The zero-order valence-electron chi connectivity index (χ0n) is 10.1. The number of amides is 1. The lowest BCUT2D eigenvalue weighted by molar-refractivity contribution is -0.123. The number of imidazole rings is 1. The smallest absolute Gasteiger partial charge is 0.238 e. The number of hydrogen-bond acceptors (Lipinski definition) is 4. The molecule has 0 spiro atoms. The molecular weight excluding hydrogens is 218 g/mol. The summed E-state index contributed by atoms with van der Waals surface area (Å²) < 4.78 is 1.97. The van der Waals surface area contributed by atoms with Crippen molar-refractivity contribution in [1.29, 1.82) is 0 Å². The largest absolute Gasteiger partial charge is 0.353 e. The second kappa shape index (κ2) is 5.79. The number of aryl methyl sites for hydroxylation is 1. The number of rotatable bonds is 4. The lowest BCUT2D eigenvalue weighted by atomic mass is 10.2. The van der Waals surface area contributed by atoms with Gasteiger partial charge in [-0.05, 0) is 6.92 Å². The topological polar surface area (TPSA) is 71.0 Å². The summed E-state index contributed by atoms with van der Waals surface area (Å²) in [5, 5.41) is 9.29. The Balaban J connectivity index is 1.69. The standard InChI is InChI=1S/C11H19N5O/c1-9-7-16(8-15-9)5-4-14-11(17)10-6-12-2-3-13-10/h7-8,10,12-13H,2-6H2,1H3,(H,14,17)/t10-/m1/s1. The van der Waals surface area contributed by atoms with Crippen molar-refractivity contribution in [3.05, 3.63) is 18.2 Å². The highest BCUT2D eigenvalue weighted by Crippen LogP contribution is 1.92. The van der Waals surface area contributed by atoms with E-state index in [2.05, 4.69) is 20.9 Å². The van der Waals surface area contributed by atoms with Crippen LogP contribution >= 0.6 is 0 Å². The van der Waals surface area contributed by atoms with Gasteiger partial charge in [0.2, 0.25) is 5.91 Å². The van der Waals surface area contributed by atoms with E-state index < -0.39 is 0 Å². The summed E-state index contributed by atoms with van der Waals surface area (Å²) in [7, 11) is 0. The molecule has 2 heterocycles. The summed E-state index contributed by atoms with van der Waals surface area (Å²) in [6.07, 6.45) is 3.74. The number of nitrogens with one attached hydrogen (secondary N) is 3. The van der Waals surface area contributed by atoms with E-state index in [1.54, 1.807) is 6.33 Å². The molecule has 1 aromatic rings. The number of nitrogens with zero attached hydrogens (tertiary/aromatic N) is 2. The molecule has 6 nitrogen and oxygen atoms in total. The summed E-state index contributed by atoms with van der Waals surface area (Å²) in [6, 6.07) is -0.103. The third-order valence-electron chi connectivity index (χ3n) is 2.79. The van der Waals surface area contributed by atoms with Crippen molar-refractivity contribution in [2.45, 2.75) is 19.5 Å². The summed E-state index contributed by atoms with van der Waals surface area (Å²) in [6.45, 7) is 5.82. The molecule has 1 aliphatic heterocycles. The molecule has 1 atom stereocenters. The van der Waals surface area contributed by atoms with Crippen LogP contribution in [0.5, 0.6) is 0 Å². The first-order valence-corrected chi connectivity index (χ1v) is 5.96. The average molecular weight is 237 g/mol. The van der Waals surface area contributed by atoms with Crippen LogP contribution in [0.2, 0.25) is 0 Å². The molecule has 0 radical (unpaired) electrons. The van der Waals surface area contributed by atoms with Crippen LogP contribution in [-0.4, -0.2) is 47.7 Å². The molecule has 1 aromatic heterocycles. The van der Waals surface area contributed by atoms with E-state index in [1.165, 1.54) is 0 Å². The van der Waals surface area contributed by atoms with Crippen molar-refractivity contribution >= 4 is 5.91 Å². The van der Waals surface area contributed by atoms with E-state index >= 15 is 0 Å². The van der Waals surface area contributed by atoms with Crippen LogP contribution in [0.4, 0.5) is 0 Å². The second-order valence-electron chi connectivity index (χ2n) is 4.25. The maximum absolute atomic E-state index is 11.8. The normalized spacial score (nSPS) is 20.2. The second-order valence-corrected chi connectivity index (χ2v) is 4.25. The zero-order valence-corrected chi connectivity index (χ0v) is 10.1. The van der Waals surface area contributed by atoms with E-state index in [1.807, 2.05) is 17.7 Å². The van der Waals surface area contributed by atoms with Crippen LogP contribution in [0, 0.1) is 6.92 Å². The molecule has 1 saturated heterocycles. The van der Waals surface area contributed by atoms with Crippen molar-refractivity contribution in [1.82, 2.24) is 25.5 Å². The van der Waals surface area contributed by atoms with Crippen LogP contribution in [0.15, 0.2) is 12.5 Å². The highest BCUT2D eigenvalue weighted by Gasteiger charge is 2.19. The van der Waals surface area contributed by atoms with E-state index in [4.69, 9.17) is 0 Å². The lowest BCUT2D eigenvalue weighted by Crippen LogP contribution is -2.55. The Morgan fingerprint density at radius 2 is 2.53 bits per heavy atom. The minimum atomic E-state index is -0.103. The van der Waals surface area contributed by atoms with E-state index in [0.29, 0.717) is 13.1 Å². The Labute approximate surface area is 101 Å². The third kappa shape index (κ3) is 3.54. The number of aromatic nitrogens is 2. The van der Waals surface area contributed by atoms with Crippen molar-refractivity contribution in [2.24, 2.45) is 0 Å². The summed E-state index contributed by atoms with van der Waals surface area (Å²) in [5.74, 6) is 0.0639. The van der Waals surface area contributed by atoms with Crippen molar-refractivity contribution < 1.29 is 4.79 Å². The molecule has 0 unspecified atom stereocenters. The molecular formula is C11H19N5O. The first-order chi connectivity index (χ1) is 8.25. The SMILES string of the molecule is Cc1cn(CCNC(=O)[C@H]2CNCCN2)cn1. The number of hydrogen-bond donors (Lipinski definition) is 3. The van der Waals surface area contributed by atoms with Crippen LogP contribution < -0.4 is 16.0 Å². The van der Waals surface area contributed by atoms with Gasteiger partial charge in [0.05, 0.1) is 18.1 Å². The highest BCUT2D eigenvalue weighted by molar-refractivity contribution is 5.82. The van der Waals surface area contributed by atoms with Gasteiger partial charge in [0.25, 0.3) is 0 Å². The van der Waals surface area contributed by atoms with Crippen LogP contribution in [-0.2, 0) is 11.3 Å². The molecule has 1 fully saturated rings. The van der Waals surface area contributed by atoms with Gasteiger partial charge in [0.15, 0.2) is 0 Å². The van der Waals surface area contributed by atoms with Gasteiger partial charge in [0, 0.05) is 38.9 Å². The lowest BCUT2D eigenvalue weighted by Gasteiger charge is -2.23. The summed E-state index contributed by atoms with van der Waals surface area (Å²) in [5.41, 5.74) is 0.995. The first kappa shape index (κ1) is 12.1. The van der Waals surface area contributed by atoms with Crippen LogP contribution in [0.25, 0.3) is 0 Å². The van der Waals surface area contributed by atoms with Gasteiger partial charge >= 0.3 is 0 Å². The Morgan fingerprint density at radius 1 is 1.65 bits per heavy atom. The molecule has 94 valence electrons. The molecule has 3 N–H and O–H groups in total. The van der Waals surface area contributed by atoms with E-state index in [-0.39, 0.29) is 11.9 Å². The molecule has 1 amide bonds. The summed E-state index contributed by atoms with van der Waals surface area (Å²) >= 11 is 0. The maximum atomic E-state index is 11.8. The number of piperazine rings is 1. The quantitative estimate of drug-likeness (QED) is 0.620. The molecule has 17 heavy (non-hydrogen) atoms. The Bertz CT molecular complexity index is 370. The minimum Gasteiger partial charge on any atom is -0.353 e. The van der Waals surface area contributed by atoms with Gasteiger partial charge in [-0.2, -0.15) is 0 Å². The molecule has 0 aromatic carbocycles. The molecule has 0 saturated carbocycles. The van der Waals surface area contributed by atoms with E-state index in [9.17, 15) is 4.79 Å². The highest BCUT2D eigenvalue weighted by atomic mass is 16.2. The fourth-order valence-electron chi connectivity index (χ4n) is 1.86. The van der Waals surface area contributed by atoms with Crippen molar-refractivity contribution in [3.8, 4) is 0 Å². The molecule has 1 aliphatic rings. The molecule has 6 heteroatoms. The van der Waals surface area contributed by atoms with Crippen molar-refractivity contribution in [2.75, 3.05) is 26.2 Å². The zero-order chi connectivity index (χ0) is 12.1. The summed E-state index contributed by atoms with van der Waals surface area (Å²) in [4.78, 5) is 15.9. The first-order valence-electron chi connectivity index (χ1n) is 5.96. The maximum Gasteiger partial charge on any atom is 0.238 e. The predicted octanol–water partition coefficient (Wildman–Crippen LogP) is -1.13. The monoisotopic (exact) mass is 237 g/mol. The average Bonchev–Trinajstić information content (AvgIpc) is 2.76. The molecule has 0 bridgehead atoms. The molecule has 2 rings (SSSR count). The number of carbonyl (C=O) groups excluding carboxylic acids is 1. The van der Waals surface area contributed by atoms with Gasteiger partial charge in [-0.15, -0.1) is 0 Å². The van der Waals surface area contributed by atoms with E-state index in [0.717, 1.165) is 25.3 Å². The fraction of sp³-hybridized carbons (Fsp3) is 0.636. The van der Waals surface area contributed by atoms with Gasteiger partial charge in [-0.25, -0.2) is 4.98 Å². The van der Waals surface area contributed by atoms with Gasteiger partial charge in [-0.3, -0.25) is 4.79 Å². The third-order valence-corrected chi connectivity index (χ3v) is 2.79. The van der Waals surface area contributed by atoms with Crippen LogP contribution in [0.1, 0.15) is 5.69 Å².